The molecule has 2 heterocycles. The maximum absolute atomic E-state index is 13.0. The minimum absolute atomic E-state index is 0.0775. The molecule has 1 atom stereocenters. The first-order valence-corrected chi connectivity index (χ1v) is 8.22. The highest BCUT2D eigenvalue weighted by molar-refractivity contribution is 5.96. The van der Waals surface area contributed by atoms with Crippen molar-refractivity contribution in [3.8, 4) is 0 Å². The van der Waals surface area contributed by atoms with Crippen molar-refractivity contribution >= 4 is 16.7 Å². The SMILES string of the molecule is O=C(c1cc2ccccc2c(=O)[nH]1)N1CCCC1c1ccccc1. The predicted octanol–water partition coefficient (Wildman–Crippen LogP) is 3.51. The smallest absolute Gasteiger partial charge is 0.270 e. The highest BCUT2D eigenvalue weighted by atomic mass is 16.2. The molecule has 1 aromatic heterocycles. The molecule has 1 fully saturated rings. The van der Waals surface area contributed by atoms with Gasteiger partial charge in [-0.2, -0.15) is 0 Å². The van der Waals surface area contributed by atoms with Gasteiger partial charge in [0.15, 0.2) is 0 Å². The van der Waals surface area contributed by atoms with Crippen molar-refractivity contribution in [2.24, 2.45) is 0 Å². The summed E-state index contributed by atoms with van der Waals surface area (Å²) < 4.78 is 0. The summed E-state index contributed by atoms with van der Waals surface area (Å²) in [6, 6.07) is 19.3. The second kappa shape index (κ2) is 5.96. The number of nitrogens with one attached hydrogen (secondary N) is 1. The van der Waals surface area contributed by atoms with E-state index in [0.717, 1.165) is 23.8 Å². The fourth-order valence-corrected chi connectivity index (χ4v) is 3.51. The molecule has 0 spiro atoms. The van der Waals surface area contributed by atoms with E-state index in [-0.39, 0.29) is 17.5 Å². The molecular weight excluding hydrogens is 300 g/mol. The number of hydrogen-bond acceptors (Lipinski definition) is 2. The number of aromatic amines is 1. The Balaban J connectivity index is 1.72. The summed E-state index contributed by atoms with van der Waals surface area (Å²) in [6.45, 7) is 0.716. The molecule has 4 rings (SSSR count). The zero-order valence-corrected chi connectivity index (χ0v) is 13.2. The number of H-pyrrole nitrogens is 1. The van der Waals surface area contributed by atoms with Gasteiger partial charge in [-0.15, -0.1) is 0 Å². The molecule has 1 N–H and O–H groups in total. The molecular formula is C20H18N2O2. The number of nitrogens with zero attached hydrogens (tertiary/aromatic N) is 1. The van der Waals surface area contributed by atoms with Gasteiger partial charge in [0.05, 0.1) is 6.04 Å². The second-order valence-corrected chi connectivity index (χ2v) is 6.17. The standard InChI is InChI=1S/C20H18N2O2/c23-19-16-10-5-4-9-15(16)13-17(21-19)20(24)22-12-6-11-18(22)14-7-2-1-3-8-14/h1-5,7-10,13,18H,6,11-12H2,(H,21,23). The van der Waals surface area contributed by atoms with Crippen LogP contribution >= 0.6 is 0 Å². The van der Waals surface area contributed by atoms with Gasteiger partial charge in [-0.05, 0) is 35.9 Å². The number of aromatic nitrogens is 1. The second-order valence-electron chi connectivity index (χ2n) is 6.17. The van der Waals surface area contributed by atoms with E-state index in [1.165, 1.54) is 0 Å². The molecule has 0 radical (unpaired) electrons. The third kappa shape index (κ3) is 2.50. The van der Waals surface area contributed by atoms with Crippen LogP contribution in [0.2, 0.25) is 0 Å². The first kappa shape index (κ1) is 14.7. The maximum Gasteiger partial charge on any atom is 0.270 e. The number of hydrogen-bond donors (Lipinski definition) is 1. The van der Waals surface area contributed by atoms with E-state index in [9.17, 15) is 9.59 Å². The van der Waals surface area contributed by atoms with Crippen molar-refractivity contribution in [3.05, 3.63) is 82.3 Å². The molecule has 1 aliphatic rings. The van der Waals surface area contributed by atoms with Crippen LogP contribution in [0, 0.1) is 0 Å². The minimum atomic E-state index is -0.216. The molecule has 24 heavy (non-hydrogen) atoms. The van der Waals surface area contributed by atoms with Crippen molar-refractivity contribution in [2.75, 3.05) is 6.54 Å². The highest BCUT2D eigenvalue weighted by Crippen LogP contribution is 2.32. The monoisotopic (exact) mass is 318 g/mol. The van der Waals surface area contributed by atoms with Crippen LogP contribution in [0.3, 0.4) is 0 Å². The predicted molar refractivity (Wildman–Crippen MR) is 94.0 cm³/mol. The van der Waals surface area contributed by atoms with E-state index < -0.39 is 0 Å². The summed E-state index contributed by atoms with van der Waals surface area (Å²) >= 11 is 0. The van der Waals surface area contributed by atoms with Gasteiger partial charge in [-0.25, -0.2) is 0 Å². The third-order valence-corrected chi connectivity index (χ3v) is 4.68. The summed E-state index contributed by atoms with van der Waals surface area (Å²) in [4.78, 5) is 29.8. The Morgan fingerprint density at radius 2 is 1.79 bits per heavy atom. The summed E-state index contributed by atoms with van der Waals surface area (Å²) in [6.07, 6.45) is 1.93. The number of rotatable bonds is 2. The Morgan fingerprint density at radius 1 is 1.04 bits per heavy atom. The number of carbonyl (C=O) groups excluding carboxylic acids is 1. The maximum atomic E-state index is 13.0. The van der Waals surface area contributed by atoms with Gasteiger partial charge in [0, 0.05) is 11.9 Å². The van der Waals surface area contributed by atoms with E-state index >= 15 is 0 Å². The normalized spacial score (nSPS) is 17.3. The Kier molecular flexibility index (Phi) is 3.65. The third-order valence-electron chi connectivity index (χ3n) is 4.68. The van der Waals surface area contributed by atoms with Crippen molar-refractivity contribution < 1.29 is 4.79 Å². The van der Waals surface area contributed by atoms with E-state index in [1.807, 2.05) is 41.3 Å². The van der Waals surface area contributed by atoms with Gasteiger partial charge in [0.2, 0.25) is 0 Å². The molecule has 1 amide bonds. The van der Waals surface area contributed by atoms with Crippen LogP contribution in [-0.4, -0.2) is 22.3 Å². The van der Waals surface area contributed by atoms with Crippen LogP contribution < -0.4 is 5.56 Å². The first-order valence-electron chi connectivity index (χ1n) is 8.22. The zero-order chi connectivity index (χ0) is 16.5. The Morgan fingerprint density at radius 3 is 2.62 bits per heavy atom. The van der Waals surface area contributed by atoms with Gasteiger partial charge >= 0.3 is 0 Å². The van der Waals surface area contributed by atoms with Gasteiger partial charge in [0.25, 0.3) is 11.5 Å². The van der Waals surface area contributed by atoms with E-state index in [2.05, 4.69) is 17.1 Å². The molecule has 4 nitrogen and oxygen atoms in total. The number of likely N-dealkylation sites (tertiary alicyclic amines) is 1. The lowest BCUT2D eigenvalue weighted by atomic mass is 10.0. The van der Waals surface area contributed by atoms with Crippen LogP contribution in [-0.2, 0) is 0 Å². The largest absolute Gasteiger partial charge is 0.330 e. The molecule has 3 aromatic rings. The van der Waals surface area contributed by atoms with Crippen LogP contribution in [0.25, 0.3) is 10.8 Å². The van der Waals surface area contributed by atoms with Crippen molar-refractivity contribution in [2.45, 2.75) is 18.9 Å². The van der Waals surface area contributed by atoms with E-state index in [4.69, 9.17) is 0 Å². The molecule has 0 bridgehead atoms. The van der Waals surface area contributed by atoms with Gasteiger partial charge in [0.1, 0.15) is 5.69 Å². The summed E-state index contributed by atoms with van der Waals surface area (Å²) in [5, 5.41) is 1.40. The molecule has 120 valence electrons. The fraction of sp³-hybridized carbons (Fsp3) is 0.200. The quantitative estimate of drug-likeness (QED) is 0.786. The van der Waals surface area contributed by atoms with E-state index in [0.29, 0.717) is 17.6 Å². The average Bonchev–Trinajstić information content (AvgIpc) is 3.11. The molecule has 1 aliphatic heterocycles. The van der Waals surface area contributed by atoms with Crippen molar-refractivity contribution in [3.63, 3.8) is 0 Å². The summed E-state index contributed by atoms with van der Waals surface area (Å²) in [5.41, 5.74) is 1.29. The number of benzene rings is 2. The Labute approximate surface area is 139 Å². The molecule has 0 aliphatic carbocycles. The van der Waals surface area contributed by atoms with Crippen LogP contribution in [0.15, 0.2) is 65.5 Å². The average molecular weight is 318 g/mol. The van der Waals surface area contributed by atoms with Crippen LogP contribution in [0.5, 0.6) is 0 Å². The number of amides is 1. The fourth-order valence-electron chi connectivity index (χ4n) is 3.51. The molecule has 0 saturated carbocycles. The molecule has 4 heteroatoms. The number of fused-ring (bicyclic) bond motifs is 1. The van der Waals surface area contributed by atoms with Gasteiger partial charge in [-0.3, -0.25) is 9.59 Å². The molecule has 1 unspecified atom stereocenters. The number of pyridine rings is 1. The first-order chi connectivity index (χ1) is 11.7. The van der Waals surface area contributed by atoms with Crippen molar-refractivity contribution in [1.82, 2.24) is 9.88 Å². The Hall–Kier alpha value is -2.88. The molecule has 1 saturated heterocycles. The zero-order valence-electron chi connectivity index (χ0n) is 13.2. The van der Waals surface area contributed by atoms with E-state index in [1.54, 1.807) is 12.1 Å². The lowest BCUT2D eigenvalue weighted by Crippen LogP contribution is -2.32. The highest BCUT2D eigenvalue weighted by Gasteiger charge is 2.31. The Bertz CT molecular complexity index is 947. The van der Waals surface area contributed by atoms with Crippen molar-refractivity contribution in [1.29, 1.82) is 0 Å². The molecule has 2 aromatic carbocycles. The summed E-state index contributed by atoms with van der Waals surface area (Å²) in [7, 11) is 0. The van der Waals surface area contributed by atoms with Crippen LogP contribution in [0.1, 0.15) is 34.9 Å². The lowest BCUT2D eigenvalue weighted by molar-refractivity contribution is 0.0729. The van der Waals surface area contributed by atoms with Gasteiger partial charge < -0.3 is 9.88 Å². The number of carbonyl (C=O) groups is 1. The topological polar surface area (TPSA) is 53.2 Å². The van der Waals surface area contributed by atoms with Gasteiger partial charge in [-0.1, -0.05) is 48.5 Å². The lowest BCUT2D eigenvalue weighted by Gasteiger charge is -2.25. The summed E-state index contributed by atoms with van der Waals surface area (Å²) in [5.74, 6) is -0.107. The van der Waals surface area contributed by atoms with Crippen LogP contribution in [0.4, 0.5) is 0 Å². The minimum Gasteiger partial charge on any atom is -0.330 e.